The fraction of sp³-hybridized carbons (Fsp3) is 0.333. The Morgan fingerprint density at radius 2 is 0.923 bits per heavy atom. The van der Waals surface area contributed by atoms with Crippen LogP contribution in [0.25, 0.3) is 11.1 Å². The molecule has 208 valence electrons. The van der Waals surface area contributed by atoms with Gasteiger partial charge in [0, 0.05) is 12.5 Å². The van der Waals surface area contributed by atoms with Crippen LogP contribution in [0.3, 0.4) is 0 Å². The molecule has 10 nitrogen and oxygen atoms in total. The van der Waals surface area contributed by atoms with E-state index in [-0.39, 0.29) is 21.3 Å². The first kappa shape index (κ1) is 28.4. The van der Waals surface area contributed by atoms with Gasteiger partial charge in [-0.15, -0.1) is 0 Å². The molecule has 2 aromatic carbocycles. The minimum Gasteiger partial charge on any atom is -0.449 e. The average molecular weight is 577 g/mol. The Morgan fingerprint density at radius 3 is 1.21 bits per heavy atom. The third kappa shape index (κ3) is 5.57. The maximum Gasteiger partial charge on any atom is 0.375 e. The predicted octanol–water partition coefficient (Wildman–Crippen LogP) is 3.28. The summed E-state index contributed by atoms with van der Waals surface area (Å²) >= 11 is 0. The Bertz CT molecular complexity index is 1500. The van der Waals surface area contributed by atoms with E-state index in [9.17, 15) is 26.4 Å². The first-order valence-electron chi connectivity index (χ1n) is 11.7. The second-order valence-electron chi connectivity index (χ2n) is 10.2. The van der Waals surface area contributed by atoms with Crippen molar-refractivity contribution in [2.24, 2.45) is 0 Å². The summed E-state index contributed by atoms with van der Waals surface area (Å²) in [5.41, 5.74) is -0.369. The maximum atomic E-state index is 12.7. The Hall–Kier alpha value is -3.64. The monoisotopic (exact) mass is 576 g/mol. The van der Waals surface area contributed by atoms with Gasteiger partial charge in [-0.05, 0) is 63.1 Å². The molecule has 0 spiro atoms. The van der Waals surface area contributed by atoms with E-state index in [1.165, 1.54) is 24.3 Å². The number of carbonyl (C=O) groups is 2. The van der Waals surface area contributed by atoms with Crippen molar-refractivity contribution in [1.82, 2.24) is 0 Å². The number of sulfone groups is 2. The lowest BCUT2D eigenvalue weighted by Crippen LogP contribution is -2.22. The molecule has 0 saturated carbocycles. The number of carbonyl (C=O) groups excluding carboxylic acids is 2. The molecule has 4 rings (SSSR count). The van der Waals surface area contributed by atoms with Gasteiger partial charge in [0.25, 0.3) is 0 Å². The van der Waals surface area contributed by atoms with E-state index < -0.39 is 49.6 Å². The lowest BCUT2D eigenvalue weighted by Gasteiger charge is -2.21. The van der Waals surface area contributed by atoms with Gasteiger partial charge in [-0.3, -0.25) is 0 Å². The van der Waals surface area contributed by atoms with E-state index in [4.69, 9.17) is 18.9 Å². The molecule has 0 radical (unpaired) electrons. The molecule has 12 heteroatoms. The van der Waals surface area contributed by atoms with Crippen LogP contribution in [0.15, 0.2) is 69.8 Å². The molecule has 0 unspecified atom stereocenters. The molecule has 2 aromatic rings. The van der Waals surface area contributed by atoms with E-state index in [0.717, 1.165) is 12.5 Å². The Labute approximate surface area is 227 Å². The van der Waals surface area contributed by atoms with Crippen molar-refractivity contribution in [3.8, 4) is 0 Å². The standard InChI is InChI=1S/C27H28O10S2/c1-26(2)20(16-7-11-18(12-8-16)38(5,30)31)22(24(28)36-26)34-15-35-23-21(27(3,4)37-25(23)29)17-9-13-19(14-10-17)39(6,32)33/h7-14H,15H2,1-6H3. The van der Waals surface area contributed by atoms with Crippen molar-refractivity contribution in [3.05, 3.63) is 71.2 Å². The molecule has 0 aromatic heterocycles. The highest BCUT2D eigenvalue weighted by Gasteiger charge is 2.45. The molecular formula is C27H28O10S2. The van der Waals surface area contributed by atoms with Crippen molar-refractivity contribution in [2.75, 3.05) is 19.3 Å². The molecule has 0 bridgehead atoms. The highest BCUT2D eigenvalue weighted by molar-refractivity contribution is 7.91. The smallest absolute Gasteiger partial charge is 0.375 e. The van der Waals surface area contributed by atoms with Gasteiger partial charge < -0.3 is 18.9 Å². The van der Waals surface area contributed by atoms with Crippen LogP contribution in [-0.2, 0) is 48.2 Å². The van der Waals surface area contributed by atoms with Gasteiger partial charge in [0.05, 0.1) is 20.9 Å². The number of cyclic esters (lactones) is 2. The van der Waals surface area contributed by atoms with Crippen molar-refractivity contribution in [1.29, 1.82) is 0 Å². The van der Waals surface area contributed by atoms with Gasteiger partial charge in [0.15, 0.2) is 19.7 Å². The zero-order valence-corrected chi connectivity index (χ0v) is 23.9. The summed E-state index contributed by atoms with van der Waals surface area (Å²) in [5, 5.41) is 0. The molecule has 0 fully saturated rings. The maximum absolute atomic E-state index is 12.7. The summed E-state index contributed by atoms with van der Waals surface area (Å²) in [7, 11) is -6.83. The van der Waals surface area contributed by atoms with Gasteiger partial charge in [-0.1, -0.05) is 24.3 Å². The van der Waals surface area contributed by atoms with Gasteiger partial charge in [0.1, 0.15) is 11.2 Å². The van der Waals surface area contributed by atoms with Gasteiger partial charge in [0.2, 0.25) is 18.3 Å². The van der Waals surface area contributed by atoms with E-state index in [1.54, 1.807) is 52.0 Å². The predicted molar refractivity (Wildman–Crippen MR) is 140 cm³/mol. The van der Waals surface area contributed by atoms with Crippen LogP contribution in [-0.4, -0.2) is 59.3 Å². The van der Waals surface area contributed by atoms with Crippen molar-refractivity contribution in [3.63, 3.8) is 0 Å². The molecule has 0 N–H and O–H groups in total. The number of ether oxygens (including phenoxy) is 4. The van der Waals surface area contributed by atoms with E-state index in [1.807, 2.05) is 0 Å². The van der Waals surface area contributed by atoms with Crippen LogP contribution in [0.4, 0.5) is 0 Å². The molecule has 2 aliphatic rings. The fourth-order valence-electron chi connectivity index (χ4n) is 4.51. The minimum absolute atomic E-state index is 0.118. The fourth-order valence-corrected chi connectivity index (χ4v) is 5.77. The lowest BCUT2D eigenvalue weighted by atomic mass is 9.92. The average Bonchev–Trinajstić information content (AvgIpc) is 3.18. The first-order valence-corrected chi connectivity index (χ1v) is 15.5. The van der Waals surface area contributed by atoms with Crippen LogP contribution in [0.1, 0.15) is 38.8 Å². The summed E-state index contributed by atoms with van der Waals surface area (Å²) < 4.78 is 69.7. The Kier molecular flexibility index (Phi) is 6.93. The molecule has 0 amide bonds. The quantitative estimate of drug-likeness (QED) is 0.340. The highest BCUT2D eigenvalue weighted by Crippen LogP contribution is 2.42. The van der Waals surface area contributed by atoms with Crippen molar-refractivity contribution in [2.45, 2.75) is 48.7 Å². The van der Waals surface area contributed by atoms with Gasteiger partial charge >= 0.3 is 11.9 Å². The Balaban J connectivity index is 1.65. The third-order valence-electron chi connectivity index (χ3n) is 6.27. The van der Waals surface area contributed by atoms with Gasteiger partial charge in [-0.2, -0.15) is 0 Å². The van der Waals surface area contributed by atoms with E-state index in [0.29, 0.717) is 22.3 Å². The number of rotatable bonds is 8. The number of benzene rings is 2. The van der Waals surface area contributed by atoms with E-state index in [2.05, 4.69) is 0 Å². The molecule has 0 aliphatic carbocycles. The van der Waals surface area contributed by atoms with E-state index >= 15 is 0 Å². The molecule has 2 aliphatic heterocycles. The summed E-state index contributed by atoms with van der Waals surface area (Å²) in [6.45, 7) is 6.12. The van der Waals surface area contributed by atoms with Crippen molar-refractivity contribution < 1.29 is 45.4 Å². The normalized spacial score (nSPS) is 18.7. The summed E-state index contributed by atoms with van der Waals surface area (Å²) in [6, 6.07) is 11.9. The van der Waals surface area contributed by atoms with Crippen LogP contribution in [0.5, 0.6) is 0 Å². The molecule has 39 heavy (non-hydrogen) atoms. The third-order valence-corrected chi connectivity index (χ3v) is 8.53. The van der Waals surface area contributed by atoms with Crippen LogP contribution in [0.2, 0.25) is 0 Å². The Morgan fingerprint density at radius 1 is 0.615 bits per heavy atom. The first-order chi connectivity index (χ1) is 17.9. The second kappa shape index (κ2) is 9.53. The number of hydrogen-bond acceptors (Lipinski definition) is 10. The zero-order valence-electron chi connectivity index (χ0n) is 22.2. The molecule has 2 heterocycles. The summed E-state index contributed by atoms with van der Waals surface area (Å²) in [5.74, 6) is -1.77. The number of esters is 2. The lowest BCUT2D eigenvalue weighted by molar-refractivity contribution is -0.150. The molecule has 0 atom stereocenters. The topological polar surface area (TPSA) is 139 Å². The van der Waals surface area contributed by atoms with Crippen molar-refractivity contribution >= 4 is 42.8 Å². The van der Waals surface area contributed by atoms with Crippen LogP contribution in [0, 0.1) is 0 Å². The minimum atomic E-state index is -3.42. The largest absolute Gasteiger partial charge is 0.449 e. The van der Waals surface area contributed by atoms with Crippen LogP contribution < -0.4 is 0 Å². The van der Waals surface area contributed by atoms with Crippen LogP contribution >= 0.6 is 0 Å². The summed E-state index contributed by atoms with van der Waals surface area (Å²) in [4.78, 5) is 25.6. The zero-order chi connectivity index (χ0) is 29.0. The summed E-state index contributed by atoms with van der Waals surface area (Å²) in [6.07, 6.45) is 2.19. The molecular weight excluding hydrogens is 548 g/mol. The SMILES string of the molecule is CC1(C)OC(=O)C(OCOC2=C(c3ccc(S(C)(=O)=O)cc3)C(C)(C)OC2=O)=C1c1ccc(S(C)(=O)=O)cc1. The number of hydrogen-bond donors (Lipinski definition) is 0. The second-order valence-corrected chi connectivity index (χ2v) is 14.2. The highest BCUT2D eigenvalue weighted by atomic mass is 32.2. The molecule has 0 saturated heterocycles. The van der Waals surface area contributed by atoms with Gasteiger partial charge in [-0.25, -0.2) is 26.4 Å².